The first-order valence-electron chi connectivity index (χ1n) is 6.54. The maximum atomic E-state index is 10.9. The van der Waals surface area contributed by atoms with Crippen molar-refractivity contribution in [3.63, 3.8) is 0 Å². The number of hydrogen-bond acceptors (Lipinski definition) is 7. The van der Waals surface area contributed by atoms with E-state index in [1.807, 2.05) is 0 Å². The lowest BCUT2D eigenvalue weighted by atomic mass is 10.1. The zero-order chi connectivity index (χ0) is 14.8. The number of nitrogens with zero attached hydrogens (tertiary/aromatic N) is 3. The molecule has 0 bridgehead atoms. The first kappa shape index (κ1) is 13.7. The number of hydrogen-bond donors (Lipinski definition) is 1. The number of morpholine rings is 1. The van der Waals surface area contributed by atoms with E-state index in [-0.39, 0.29) is 17.6 Å². The largest absolute Gasteiger partial charge is 0.378 e. The number of nitro groups is 1. The highest BCUT2D eigenvalue weighted by molar-refractivity contribution is 5.59. The van der Waals surface area contributed by atoms with Crippen LogP contribution in [-0.2, 0) is 4.74 Å². The van der Waals surface area contributed by atoms with E-state index >= 15 is 0 Å². The Morgan fingerprint density at radius 3 is 3.00 bits per heavy atom. The summed E-state index contributed by atoms with van der Waals surface area (Å²) in [6, 6.07) is 4.58. The smallest absolute Gasteiger partial charge is 0.270 e. The molecule has 2 aromatic rings. The fourth-order valence-electron chi connectivity index (χ4n) is 2.22. The fraction of sp³-hybridized carbons (Fsp3) is 0.385. The monoisotopic (exact) mass is 290 g/mol. The third-order valence-electron chi connectivity index (χ3n) is 3.19. The molecule has 1 N–H and O–H groups in total. The molecule has 0 radical (unpaired) electrons. The van der Waals surface area contributed by atoms with Crippen LogP contribution < -0.4 is 5.32 Å². The first-order chi connectivity index (χ1) is 10.1. The highest BCUT2D eigenvalue weighted by atomic mass is 16.6. The molecular formula is C13H14N4O4. The Morgan fingerprint density at radius 2 is 2.29 bits per heavy atom. The number of nitro benzene ring substituents is 1. The summed E-state index contributed by atoms with van der Waals surface area (Å²) in [5.74, 6) is 0.762. The van der Waals surface area contributed by atoms with Gasteiger partial charge in [-0.3, -0.25) is 10.1 Å². The molecule has 1 aliphatic heterocycles. The highest BCUT2D eigenvalue weighted by Crippen LogP contribution is 2.25. The molecule has 110 valence electrons. The Hall–Kier alpha value is -2.32. The molecule has 8 nitrogen and oxygen atoms in total. The average molecular weight is 290 g/mol. The van der Waals surface area contributed by atoms with E-state index in [1.165, 1.54) is 12.1 Å². The number of aromatic nitrogens is 2. The Labute approximate surface area is 120 Å². The molecule has 8 heteroatoms. The van der Waals surface area contributed by atoms with Crippen molar-refractivity contribution in [3.05, 3.63) is 39.7 Å². The van der Waals surface area contributed by atoms with Crippen LogP contribution in [-0.4, -0.2) is 34.8 Å². The molecule has 0 aliphatic carbocycles. The van der Waals surface area contributed by atoms with Gasteiger partial charge in [-0.15, -0.1) is 0 Å². The highest BCUT2D eigenvalue weighted by Gasteiger charge is 2.22. The molecule has 2 heterocycles. The minimum Gasteiger partial charge on any atom is -0.378 e. The van der Waals surface area contributed by atoms with Gasteiger partial charge in [-0.05, 0) is 18.6 Å². The van der Waals surface area contributed by atoms with E-state index in [2.05, 4.69) is 15.5 Å². The number of ether oxygens (including phenoxy) is 1. The van der Waals surface area contributed by atoms with Gasteiger partial charge < -0.3 is 14.6 Å². The Kier molecular flexibility index (Phi) is 3.63. The average Bonchev–Trinajstić information content (AvgIpc) is 2.97. The Morgan fingerprint density at radius 1 is 1.43 bits per heavy atom. The van der Waals surface area contributed by atoms with Crippen LogP contribution in [0.3, 0.4) is 0 Å². The fourth-order valence-corrected chi connectivity index (χ4v) is 2.22. The molecule has 0 amide bonds. The maximum absolute atomic E-state index is 10.9. The normalized spacial score (nSPS) is 18.6. The SMILES string of the molecule is Cc1cc(-c2nc(C3COCCN3)no2)cc([N+](=O)[O-])c1. The molecule has 1 aromatic heterocycles. The van der Waals surface area contributed by atoms with Gasteiger partial charge >= 0.3 is 0 Å². The molecule has 1 aromatic carbocycles. The van der Waals surface area contributed by atoms with Crippen molar-refractivity contribution >= 4 is 5.69 Å². The van der Waals surface area contributed by atoms with Gasteiger partial charge in [0, 0.05) is 24.2 Å². The second kappa shape index (κ2) is 5.58. The van der Waals surface area contributed by atoms with Gasteiger partial charge in [-0.1, -0.05) is 5.16 Å². The van der Waals surface area contributed by atoms with E-state index in [9.17, 15) is 10.1 Å². The van der Waals surface area contributed by atoms with Gasteiger partial charge in [0.05, 0.1) is 24.2 Å². The van der Waals surface area contributed by atoms with Gasteiger partial charge in [0.25, 0.3) is 11.6 Å². The van der Waals surface area contributed by atoms with Crippen LogP contribution >= 0.6 is 0 Å². The summed E-state index contributed by atoms with van der Waals surface area (Å²) in [6.45, 7) is 3.65. The minimum atomic E-state index is -0.440. The summed E-state index contributed by atoms with van der Waals surface area (Å²) in [5, 5.41) is 18.0. The molecule has 1 saturated heterocycles. The third-order valence-corrected chi connectivity index (χ3v) is 3.19. The molecule has 1 unspecified atom stereocenters. The van der Waals surface area contributed by atoms with Crippen molar-refractivity contribution in [1.29, 1.82) is 0 Å². The van der Waals surface area contributed by atoms with Crippen LogP contribution in [0.4, 0.5) is 5.69 Å². The van der Waals surface area contributed by atoms with Gasteiger partial charge in [0.1, 0.15) is 0 Å². The standard InChI is InChI=1S/C13H14N4O4/c1-8-4-9(6-10(5-8)17(18)19)13-15-12(16-21-13)11-7-20-3-2-14-11/h4-6,11,14H,2-3,7H2,1H3. The van der Waals surface area contributed by atoms with Crippen LogP contribution in [0.25, 0.3) is 11.5 Å². The second-order valence-electron chi connectivity index (χ2n) is 4.85. The van der Waals surface area contributed by atoms with Gasteiger partial charge in [0.15, 0.2) is 5.82 Å². The molecule has 1 fully saturated rings. The van der Waals surface area contributed by atoms with E-state index in [0.29, 0.717) is 24.6 Å². The Bertz CT molecular complexity index is 664. The van der Waals surface area contributed by atoms with Crippen LogP contribution in [0, 0.1) is 17.0 Å². The zero-order valence-electron chi connectivity index (χ0n) is 11.4. The lowest BCUT2D eigenvalue weighted by Gasteiger charge is -2.20. The molecule has 0 spiro atoms. The number of aryl methyl sites for hydroxylation is 1. The van der Waals surface area contributed by atoms with Gasteiger partial charge in [-0.25, -0.2) is 0 Å². The summed E-state index contributed by atoms with van der Waals surface area (Å²) >= 11 is 0. The van der Waals surface area contributed by atoms with Crippen LogP contribution in [0.1, 0.15) is 17.4 Å². The van der Waals surface area contributed by atoms with E-state index in [1.54, 1.807) is 13.0 Å². The van der Waals surface area contributed by atoms with Crippen molar-refractivity contribution in [1.82, 2.24) is 15.5 Å². The summed E-state index contributed by atoms with van der Waals surface area (Å²) in [4.78, 5) is 14.8. The molecule has 3 rings (SSSR count). The minimum absolute atomic E-state index is 0.00359. The van der Waals surface area contributed by atoms with Crippen LogP contribution in [0.15, 0.2) is 22.7 Å². The lowest BCUT2D eigenvalue weighted by molar-refractivity contribution is -0.384. The molecular weight excluding hydrogens is 276 g/mol. The summed E-state index contributed by atoms with van der Waals surface area (Å²) in [5.41, 5.74) is 1.30. The van der Waals surface area contributed by atoms with Crippen molar-refractivity contribution in [2.75, 3.05) is 19.8 Å². The lowest BCUT2D eigenvalue weighted by Crippen LogP contribution is -2.35. The van der Waals surface area contributed by atoms with Gasteiger partial charge in [-0.2, -0.15) is 4.98 Å². The van der Waals surface area contributed by atoms with Crippen LogP contribution in [0.2, 0.25) is 0 Å². The first-order valence-corrected chi connectivity index (χ1v) is 6.54. The predicted octanol–water partition coefficient (Wildman–Crippen LogP) is 1.61. The Balaban J connectivity index is 1.90. The molecule has 0 saturated carbocycles. The second-order valence-corrected chi connectivity index (χ2v) is 4.85. The molecule has 1 atom stereocenters. The topological polar surface area (TPSA) is 103 Å². The van der Waals surface area contributed by atoms with Crippen molar-refractivity contribution < 1.29 is 14.2 Å². The maximum Gasteiger partial charge on any atom is 0.270 e. The van der Waals surface area contributed by atoms with E-state index in [4.69, 9.17) is 9.26 Å². The van der Waals surface area contributed by atoms with Crippen molar-refractivity contribution in [3.8, 4) is 11.5 Å². The summed E-state index contributed by atoms with van der Waals surface area (Å²) < 4.78 is 10.6. The van der Waals surface area contributed by atoms with Crippen molar-refractivity contribution in [2.24, 2.45) is 0 Å². The quantitative estimate of drug-likeness (QED) is 0.676. The zero-order valence-corrected chi connectivity index (χ0v) is 11.4. The van der Waals surface area contributed by atoms with E-state index in [0.717, 1.165) is 12.1 Å². The molecule has 21 heavy (non-hydrogen) atoms. The van der Waals surface area contributed by atoms with Crippen molar-refractivity contribution in [2.45, 2.75) is 13.0 Å². The van der Waals surface area contributed by atoms with E-state index < -0.39 is 4.92 Å². The predicted molar refractivity (Wildman–Crippen MR) is 72.7 cm³/mol. The number of benzene rings is 1. The summed E-state index contributed by atoms with van der Waals surface area (Å²) in [7, 11) is 0. The number of rotatable bonds is 3. The number of nitrogens with one attached hydrogen (secondary N) is 1. The molecule has 1 aliphatic rings. The van der Waals surface area contributed by atoms with Crippen LogP contribution in [0.5, 0.6) is 0 Å². The summed E-state index contributed by atoms with van der Waals surface area (Å²) in [6.07, 6.45) is 0. The third kappa shape index (κ3) is 2.91. The number of non-ortho nitro benzene ring substituents is 1. The van der Waals surface area contributed by atoms with Gasteiger partial charge in [0.2, 0.25) is 0 Å².